The van der Waals surface area contributed by atoms with Crippen molar-refractivity contribution < 1.29 is 14.4 Å². The number of benzene rings is 1. The molecule has 5 nitrogen and oxygen atoms in total. The first-order chi connectivity index (χ1) is 11.7. The van der Waals surface area contributed by atoms with Gasteiger partial charge in [0.25, 0.3) is 0 Å². The van der Waals surface area contributed by atoms with Crippen molar-refractivity contribution in [2.24, 2.45) is 5.34 Å². The molecule has 0 spiro atoms. The SMILES string of the molecule is CCCCCCCCc1c(/C=C/C(=O)ON=O)cccc1OCC. The Balaban J connectivity index is 2.76. The summed E-state index contributed by atoms with van der Waals surface area (Å²) in [6.45, 7) is 4.75. The van der Waals surface area contributed by atoms with Crippen LogP contribution >= 0.6 is 0 Å². The third-order valence-electron chi connectivity index (χ3n) is 3.78. The van der Waals surface area contributed by atoms with Crippen LogP contribution in [0, 0.1) is 4.91 Å². The lowest BCUT2D eigenvalue weighted by Gasteiger charge is -2.13. The first-order valence-corrected chi connectivity index (χ1v) is 8.69. The first kappa shape index (κ1) is 19.9. The molecule has 0 amide bonds. The van der Waals surface area contributed by atoms with Gasteiger partial charge < -0.3 is 4.74 Å². The summed E-state index contributed by atoms with van der Waals surface area (Å²) >= 11 is 0. The standard InChI is InChI=1S/C19H27NO4/c1-3-5-6-7-8-9-12-17-16(14-15-19(21)24-20-22)11-10-13-18(17)23-4-2/h10-11,13-15H,3-9,12H2,1-2H3/b15-14+. The molecule has 1 aromatic rings. The fourth-order valence-corrected chi connectivity index (χ4v) is 2.60. The van der Waals surface area contributed by atoms with E-state index in [0.29, 0.717) is 6.61 Å². The summed E-state index contributed by atoms with van der Waals surface area (Å²) in [6, 6.07) is 5.75. The number of carbonyl (C=O) groups is 1. The fraction of sp³-hybridized carbons (Fsp3) is 0.526. The van der Waals surface area contributed by atoms with Gasteiger partial charge in [0.15, 0.2) is 5.34 Å². The Morgan fingerprint density at radius 2 is 1.88 bits per heavy atom. The van der Waals surface area contributed by atoms with Gasteiger partial charge in [-0.1, -0.05) is 51.2 Å². The van der Waals surface area contributed by atoms with Crippen LogP contribution in [-0.2, 0) is 16.1 Å². The molecule has 0 aromatic heterocycles. The van der Waals surface area contributed by atoms with E-state index < -0.39 is 5.97 Å². The van der Waals surface area contributed by atoms with Crippen molar-refractivity contribution in [1.82, 2.24) is 0 Å². The Morgan fingerprint density at radius 1 is 1.12 bits per heavy atom. The number of hydrogen-bond donors (Lipinski definition) is 0. The van der Waals surface area contributed by atoms with Gasteiger partial charge in [-0.15, -0.1) is 4.91 Å². The summed E-state index contributed by atoms with van der Waals surface area (Å²) < 4.78 is 5.71. The minimum atomic E-state index is -0.780. The normalized spacial score (nSPS) is 10.8. The summed E-state index contributed by atoms with van der Waals surface area (Å²) in [5.74, 6) is 0.0624. The van der Waals surface area contributed by atoms with E-state index in [2.05, 4.69) is 17.1 Å². The zero-order valence-electron chi connectivity index (χ0n) is 14.6. The number of ether oxygens (including phenoxy) is 1. The van der Waals surface area contributed by atoms with Crippen LogP contribution in [0.15, 0.2) is 29.6 Å². The van der Waals surface area contributed by atoms with E-state index in [-0.39, 0.29) is 0 Å². The lowest BCUT2D eigenvalue weighted by Crippen LogP contribution is -2.00. The molecular formula is C19H27NO4. The molecule has 0 aliphatic heterocycles. The predicted octanol–water partition coefficient (Wildman–Crippen LogP) is 5.23. The predicted molar refractivity (Wildman–Crippen MR) is 95.6 cm³/mol. The second-order valence-corrected chi connectivity index (χ2v) is 5.59. The van der Waals surface area contributed by atoms with E-state index in [4.69, 9.17) is 4.74 Å². The van der Waals surface area contributed by atoms with Crippen molar-refractivity contribution in [2.45, 2.75) is 58.8 Å². The molecule has 0 radical (unpaired) electrons. The van der Waals surface area contributed by atoms with Gasteiger partial charge in [0, 0.05) is 11.6 Å². The van der Waals surface area contributed by atoms with Crippen molar-refractivity contribution >= 4 is 12.0 Å². The van der Waals surface area contributed by atoms with Crippen LogP contribution < -0.4 is 4.74 Å². The Labute approximate surface area is 144 Å². The Hall–Kier alpha value is -2.17. The molecule has 0 atom stereocenters. The molecule has 0 aliphatic carbocycles. The topological polar surface area (TPSA) is 65.0 Å². The maximum atomic E-state index is 11.3. The van der Waals surface area contributed by atoms with Gasteiger partial charge in [0.05, 0.1) is 6.61 Å². The van der Waals surface area contributed by atoms with Crippen LogP contribution in [-0.4, -0.2) is 12.6 Å². The molecule has 0 bridgehead atoms. The van der Waals surface area contributed by atoms with Crippen LogP contribution in [0.4, 0.5) is 0 Å². The van der Waals surface area contributed by atoms with Crippen LogP contribution in [0.3, 0.4) is 0 Å². The van der Waals surface area contributed by atoms with Gasteiger partial charge in [-0.2, -0.15) is 0 Å². The molecule has 1 rings (SSSR count). The molecule has 24 heavy (non-hydrogen) atoms. The van der Waals surface area contributed by atoms with E-state index in [1.54, 1.807) is 6.08 Å². The number of nitrogens with zero attached hydrogens (tertiary/aromatic N) is 1. The molecule has 0 heterocycles. The highest BCUT2D eigenvalue weighted by atomic mass is 16.7. The first-order valence-electron chi connectivity index (χ1n) is 8.69. The van der Waals surface area contributed by atoms with Gasteiger partial charge in [-0.05, 0) is 37.5 Å². The van der Waals surface area contributed by atoms with Crippen LogP contribution in [0.5, 0.6) is 5.75 Å². The third-order valence-corrected chi connectivity index (χ3v) is 3.78. The molecule has 1 aromatic carbocycles. The van der Waals surface area contributed by atoms with Gasteiger partial charge in [-0.3, -0.25) is 4.84 Å². The molecular weight excluding hydrogens is 306 g/mol. The average Bonchev–Trinajstić information content (AvgIpc) is 2.58. The maximum Gasteiger partial charge on any atom is 0.362 e. The molecule has 0 fully saturated rings. The van der Waals surface area contributed by atoms with Crippen molar-refractivity contribution in [3.8, 4) is 5.75 Å². The van der Waals surface area contributed by atoms with Crippen molar-refractivity contribution in [2.75, 3.05) is 6.61 Å². The van der Waals surface area contributed by atoms with E-state index in [1.807, 2.05) is 25.1 Å². The largest absolute Gasteiger partial charge is 0.494 e. The maximum absolute atomic E-state index is 11.3. The quantitative estimate of drug-likeness (QED) is 0.227. The highest BCUT2D eigenvalue weighted by Crippen LogP contribution is 2.26. The number of rotatable bonds is 12. The summed E-state index contributed by atoms with van der Waals surface area (Å²) in [4.78, 5) is 25.2. The molecule has 0 aliphatic rings. The molecule has 5 heteroatoms. The van der Waals surface area contributed by atoms with Gasteiger partial charge in [0.1, 0.15) is 5.75 Å². The molecule has 0 saturated heterocycles. The highest BCUT2D eigenvalue weighted by molar-refractivity contribution is 5.87. The minimum absolute atomic E-state index is 0.591. The second kappa shape index (κ2) is 12.3. The summed E-state index contributed by atoms with van der Waals surface area (Å²) in [6.07, 6.45) is 11.1. The van der Waals surface area contributed by atoms with Gasteiger partial charge >= 0.3 is 5.97 Å². The Kier molecular flexibility index (Phi) is 10.2. The van der Waals surface area contributed by atoms with Crippen molar-refractivity contribution in [3.05, 3.63) is 40.3 Å². The Morgan fingerprint density at radius 3 is 2.58 bits per heavy atom. The highest BCUT2D eigenvalue weighted by Gasteiger charge is 2.08. The summed E-state index contributed by atoms with van der Waals surface area (Å²) in [5, 5.41) is 2.13. The van der Waals surface area contributed by atoms with E-state index in [1.165, 1.54) is 38.2 Å². The molecule has 0 unspecified atom stereocenters. The summed E-state index contributed by atoms with van der Waals surface area (Å²) in [5.41, 5.74) is 1.98. The summed E-state index contributed by atoms with van der Waals surface area (Å²) in [7, 11) is 0. The van der Waals surface area contributed by atoms with E-state index in [9.17, 15) is 9.70 Å². The molecule has 132 valence electrons. The number of unbranched alkanes of at least 4 members (excludes halogenated alkanes) is 5. The van der Waals surface area contributed by atoms with Crippen molar-refractivity contribution in [1.29, 1.82) is 0 Å². The zero-order valence-corrected chi connectivity index (χ0v) is 14.6. The number of hydrogen-bond acceptors (Lipinski definition) is 5. The lowest BCUT2D eigenvalue weighted by molar-refractivity contribution is -0.137. The lowest BCUT2D eigenvalue weighted by atomic mass is 9.99. The van der Waals surface area contributed by atoms with Crippen molar-refractivity contribution in [3.63, 3.8) is 0 Å². The average molecular weight is 333 g/mol. The minimum Gasteiger partial charge on any atom is -0.494 e. The smallest absolute Gasteiger partial charge is 0.362 e. The molecule has 0 N–H and O–H groups in total. The van der Waals surface area contributed by atoms with Crippen LogP contribution in [0.25, 0.3) is 6.08 Å². The fourth-order valence-electron chi connectivity index (χ4n) is 2.60. The van der Waals surface area contributed by atoms with E-state index >= 15 is 0 Å². The number of carbonyl (C=O) groups excluding carboxylic acids is 1. The third kappa shape index (κ3) is 7.40. The van der Waals surface area contributed by atoms with E-state index in [0.717, 1.165) is 29.7 Å². The second-order valence-electron chi connectivity index (χ2n) is 5.59. The molecule has 0 saturated carbocycles. The van der Waals surface area contributed by atoms with Crippen LogP contribution in [0.1, 0.15) is 63.5 Å². The van der Waals surface area contributed by atoms with Gasteiger partial charge in [0.2, 0.25) is 0 Å². The van der Waals surface area contributed by atoms with Crippen LogP contribution in [0.2, 0.25) is 0 Å². The van der Waals surface area contributed by atoms with Gasteiger partial charge in [-0.25, -0.2) is 4.79 Å². The Bertz CT molecular complexity index is 540. The monoisotopic (exact) mass is 333 g/mol. The zero-order chi connectivity index (χ0) is 17.6.